The Balaban J connectivity index is 2.61. The van der Waals surface area contributed by atoms with Crippen LogP contribution in [0.1, 0.15) is 5.76 Å². The van der Waals surface area contributed by atoms with Gasteiger partial charge < -0.3 is 9.84 Å². The molecule has 0 fully saturated rings. The predicted molar refractivity (Wildman–Crippen MR) is 46.7 cm³/mol. The van der Waals surface area contributed by atoms with E-state index in [1.807, 2.05) is 0 Å². The second kappa shape index (κ2) is 3.14. The van der Waals surface area contributed by atoms with Gasteiger partial charge in [0.1, 0.15) is 5.52 Å². The quantitative estimate of drug-likeness (QED) is 0.764. The topological polar surface area (TPSA) is 38.1 Å². The minimum absolute atomic E-state index is 0.299. The number of rotatable bonds is 2. The number of nitrogens with zero attached hydrogens (tertiary/aromatic N) is 1. The molecule has 1 N–H and O–H groups in total. The maximum absolute atomic E-state index is 13.1. The fourth-order valence-electron chi connectivity index (χ4n) is 1.27. The van der Waals surface area contributed by atoms with E-state index in [4.69, 9.17) is 4.52 Å². The van der Waals surface area contributed by atoms with E-state index in [-0.39, 0.29) is 5.82 Å². The van der Waals surface area contributed by atoms with Crippen molar-refractivity contribution in [1.29, 1.82) is 0 Å². The zero-order chi connectivity index (χ0) is 9.26. The number of hydrogen-bond donors (Lipinski definition) is 1. The number of aromatic nitrogens is 1. The minimum Gasteiger partial charge on any atom is -0.359 e. The molecule has 0 bridgehead atoms. The highest BCUT2D eigenvalue weighted by Gasteiger charge is 2.09. The highest BCUT2D eigenvalue weighted by atomic mass is 19.1. The summed E-state index contributed by atoms with van der Waals surface area (Å²) in [4.78, 5) is 0. The van der Waals surface area contributed by atoms with E-state index in [1.54, 1.807) is 19.2 Å². The number of fused-ring (bicyclic) bond motifs is 1. The van der Waals surface area contributed by atoms with Gasteiger partial charge in [0, 0.05) is 5.39 Å². The lowest BCUT2D eigenvalue weighted by atomic mass is 10.2. The third-order valence-electron chi connectivity index (χ3n) is 1.87. The molecule has 2 aromatic rings. The average Bonchev–Trinajstić information content (AvgIpc) is 2.51. The molecule has 3 nitrogen and oxygen atoms in total. The molecular weight excluding hydrogens is 171 g/mol. The van der Waals surface area contributed by atoms with E-state index in [0.29, 0.717) is 17.8 Å². The first-order valence-corrected chi connectivity index (χ1v) is 4.00. The van der Waals surface area contributed by atoms with Crippen LogP contribution >= 0.6 is 0 Å². The largest absolute Gasteiger partial charge is 0.359 e. The van der Waals surface area contributed by atoms with Crippen molar-refractivity contribution >= 4 is 10.9 Å². The van der Waals surface area contributed by atoms with E-state index in [2.05, 4.69) is 10.5 Å². The van der Waals surface area contributed by atoms with Crippen molar-refractivity contribution < 1.29 is 8.91 Å². The van der Waals surface area contributed by atoms with Crippen LogP contribution in [0.2, 0.25) is 0 Å². The monoisotopic (exact) mass is 180 g/mol. The molecule has 0 amide bonds. The van der Waals surface area contributed by atoms with Crippen LogP contribution in [0.15, 0.2) is 22.7 Å². The lowest BCUT2D eigenvalue weighted by Crippen LogP contribution is -2.03. The molecule has 0 radical (unpaired) electrons. The van der Waals surface area contributed by atoms with Crippen LogP contribution in [0.5, 0.6) is 0 Å². The summed E-state index contributed by atoms with van der Waals surface area (Å²) in [6, 6.07) is 4.81. The van der Waals surface area contributed by atoms with E-state index >= 15 is 0 Å². The zero-order valence-electron chi connectivity index (χ0n) is 7.17. The molecular formula is C9H9FN2O. The summed E-state index contributed by atoms with van der Waals surface area (Å²) in [5.74, 6) is 0.320. The molecule has 0 saturated carbocycles. The zero-order valence-corrected chi connectivity index (χ0v) is 7.17. The molecule has 1 aromatic carbocycles. The molecule has 0 spiro atoms. The number of hydrogen-bond acceptors (Lipinski definition) is 3. The van der Waals surface area contributed by atoms with Crippen LogP contribution < -0.4 is 5.32 Å². The highest BCUT2D eigenvalue weighted by Crippen LogP contribution is 2.20. The van der Waals surface area contributed by atoms with Crippen LogP contribution in [0.25, 0.3) is 10.9 Å². The second-order valence-corrected chi connectivity index (χ2v) is 2.77. The smallest absolute Gasteiger partial charge is 0.158 e. The Labute approximate surface area is 74.5 Å². The third-order valence-corrected chi connectivity index (χ3v) is 1.87. The van der Waals surface area contributed by atoms with Gasteiger partial charge in [-0.05, 0) is 19.2 Å². The molecule has 1 aromatic heterocycles. The molecule has 0 unspecified atom stereocenters. The lowest BCUT2D eigenvalue weighted by molar-refractivity contribution is 0.383. The molecule has 13 heavy (non-hydrogen) atoms. The van der Waals surface area contributed by atoms with Crippen molar-refractivity contribution in [1.82, 2.24) is 10.5 Å². The first-order valence-electron chi connectivity index (χ1n) is 4.00. The summed E-state index contributed by atoms with van der Waals surface area (Å²) in [7, 11) is 1.80. The van der Waals surface area contributed by atoms with Crippen molar-refractivity contribution in [3.8, 4) is 0 Å². The van der Waals surface area contributed by atoms with Gasteiger partial charge in [-0.2, -0.15) is 0 Å². The summed E-state index contributed by atoms with van der Waals surface area (Å²) in [6.45, 7) is 0.556. The summed E-state index contributed by atoms with van der Waals surface area (Å²) < 4.78 is 18.1. The molecule has 0 aliphatic heterocycles. The maximum Gasteiger partial charge on any atom is 0.158 e. The number of nitrogens with one attached hydrogen (secondary N) is 1. The van der Waals surface area contributed by atoms with Gasteiger partial charge in [-0.3, -0.25) is 0 Å². The van der Waals surface area contributed by atoms with Gasteiger partial charge in [0.15, 0.2) is 11.6 Å². The van der Waals surface area contributed by atoms with Gasteiger partial charge in [-0.1, -0.05) is 11.2 Å². The molecule has 4 heteroatoms. The van der Waals surface area contributed by atoms with Crippen molar-refractivity contribution in [2.45, 2.75) is 6.54 Å². The van der Waals surface area contributed by atoms with Crippen molar-refractivity contribution in [3.05, 3.63) is 29.8 Å². The summed E-state index contributed by atoms with van der Waals surface area (Å²) >= 11 is 0. The Morgan fingerprint density at radius 2 is 2.38 bits per heavy atom. The van der Waals surface area contributed by atoms with Crippen LogP contribution in [-0.4, -0.2) is 12.2 Å². The van der Waals surface area contributed by atoms with Crippen LogP contribution in [0.4, 0.5) is 4.39 Å². The lowest BCUT2D eigenvalue weighted by Gasteiger charge is -1.92. The first-order chi connectivity index (χ1) is 6.33. The Morgan fingerprint density at radius 3 is 3.15 bits per heavy atom. The van der Waals surface area contributed by atoms with Crippen LogP contribution in [0, 0.1) is 5.82 Å². The predicted octanol–water partition coefficient (Wildman–Crippen LogP) is 1.69. The summed E-state index contributed by atoms with van der Waals surface area (Å²) in [6.07, 6.45) is 0. The molecule has 2 rings (SSSR count). The maximum atomic E-state index is 13.1. The molecule has 0 atom stereocenters. The van der Waals surface area contributed by atoms with E-state index in [0.717, 1.165) is 5.39 Å². The fourth-order valence-corrected chi connectivity index (χ4v) is 1.27. The normalized spacial score (nSPS) is 10.9. The Kier molecular flexibility index (Phi) is 1.98. The SMILES string of the molecule is CNCc1onc2c(F)cccc12. The molecule has 0 aliphatic carbocycles. The van der Waals surface area contributed by atoms with Crippen LogP contribution in [0.3, 0.4) is 0 Å². The summed E-state index contributed by atoms with van der Waals surface area (Å²) in [5, 5.41) is 7.30. The molecule has 68 valence electrons. The Morgan fingerprint density at radius 1 is 1.54 bits per heavy atom. The van der Waals surface area contributed by atoms with Crippen LogP contribution in [-0.2, 0) is 6.54 Å². The van der Waals surface area contributed by atoms with Gasteiger partial charge in [-0.15, -0.1) is 0 Å². The Bertz CT molecular complexity index is 424. The summed E-state index contributed by atoms with van der Waals surface area (Å²) in [5.41, 5.74) is 0.299. The van der Waals surface area contributed by atoms with E-state index < -0.39 is 0 Å². The molecule has 0 saturated heterocycles. The van der Waals surface area contributed by atoms with Gasteiger partial charge >= 0.3 is 0 Å². The average molecular weight is 180 g/mol. The van der Waals surface area contributed by atoms with Gasteiger partial charge in [0.2, 0.25) is 0 Å². The first kappa shape index (κ1) is 8.19. The second-order valence-electron chi connectivity index (χ2n) is 2.77. The van der Waals surface area contributed by atoms with E-state index in [9.17, 15) is 4.39 Å². The van der Waals surface area contributed by atoms with Gasteiger partial charge in [0.05, 0.1) is 6.54 Å². The van der Waals surface area contributed by atoms with Crippen molar-refractivity contribution in [3.63, 3.8) is 0 Å². The van der Waals surface area contributed by atoms with Crippen molar-refractivity contribution in [2.24, 2.45) is 0 Å². The number of benzene rings is 1. The van der Waals surface area contributed by atoms with Gasteiger partial charge in [0.25, 0.3) is 0 Å². The highest BCUT2D eigenvalue weighted by molar-refractivity contribution is 5.80. The van der Waals surface area contributed by atoms with Gasteiger partial charge in [-0.25, -0.2) is 4.39 Å². The minimum atomic E-state index is -0.344. The van der Waals surface area contributed by atoms with E-state index in [1.165, 1.54) is 6.07 Å². The standard InChI is InChI=1S/C9H9FN2O/c1-11-5-8-6-3-2-4-7(10)9(6)12-13-8/h2-4,11H,5H2,1H3. The third kappa shape index (κ3) is 1.29. The molecule has 0 aliphatic rings. The number of halogens is 1. The Hall–Kier alpha value is -1.42. The van der Waals surface area contributed by atoms with Crippen molar-refractivity contribution in [2.75, 3.05) is 7.05 Å². The molecule has 1 heterocycles. The fraction of sp³-hybridized carbons (Fsp3) is 0.222.